The molecule has 1 amide bonds. The Kier molecular flexibility index (Phi) is 2.56. The second-order valence-electron chi connectivity index (χ2n) is 2.20. The molecule has 58 valence electrons. The summed E-state index contributed by atoms with van der Waals surface area (Å²) in [5, 5.41) is 3.01. The number of thioether (sulfide) groups is 1. The standard InChI is InChI=1S/C6H11NO2S/c1-9-6-4(10-2)3-5(8)7-6/h4,6H,3H2,1-2H3,(H,7,8). The molecule has 3 nitrogen and oxygen atoms in total. The van der Waals surface area contributed by atoms with Gasteiger partial charge in [-0.05, 0) is 6.26 Å². The number of nitrogens with one attached hydrogen (secondary N) is 1. The average Bonchev–Trinajstić information content (AvgIpc) is 2.30. The van der Waals surface area contributed by atoms with Crippen molar-refractivity contribution >= 4 is 17.7 Å². The van der Waals surface area contributed by atoms with E-state index >= 15 is 0 Å². The molecule has 0 aliphatic carbocycles. The van der Waals surface area contributed by atoms with Gasteiger partial charge < -0.3 is 10.1 Å². The largest absolute Gasteiger partial charge is 0.361 e. The fraction of sp³-hybridized carbons (Fsp3) is 0.833. The van der Waals surface area contributed by atoms with Gasteiger partial charge in [0.25, 0.3) is 0 Å². The molecule has 0 radical (unpaired) electrons. The van der Waals surface area contributed by atoms with E-state index in [1.165, 1.54) is 0 Å². The number of hydrogen-bond acceptors (Lipinski definition) is 3. The van der Waals surface area contributed by atoms with Crippen molar-refractivity contribution in [3.8, 4) is 0 Å². The minimum absolute atomic E-state index is 0.0810. The van der Waals surface area contributed by atoms with Crippen molar-refractivity contribution in [1.82, 2.24) is 5.32 Å². The summed E-state index contributed by atoms with van der Waals surface area (Å²) in [5.74, 6) is 0.0891. The summed E-state index contributed by atoms with van der Waals surface area (Å²) in [5.41, 5.74) is 0. The van der Waals surface area contributed by atoms with Gasteiger partial charge in [0.2, 0.25) is 5.91 Å². The summed E-state index contributed by atoms with van der Waals surface area (Å²) in [6, 6.07) is 0. The van der Waals surface area contributed by atoms with Gasteiger partial charge in [-0.1, -0.05) is 0 Å². The lowest BCUT2D eigenvalue weighted by atomic mass is 10.3. The summed E-state index contributed by atoms with van der Waals surface area (Å²) in [6.07, 6.45) is 2.49. The summed E-state index contributed by atoms with van der Waals surface area (Å²) >= 11 is 1.66. The average molecular weight is 161 g/mol. The minimum atomic E-state index is -0.0810. The Bertz CT molecular complexity index is 126. The number of amides is 1. The number of carbonyl (C=O) groups excluding carboxylic acids is 1. The van der Waals surface area contributed by atoms with Crippen LogP contribution in [0.2, 0.25) is 0 Å². The minimum Gasteiger partial charge on any atom is -0.361 e. The van der Waals surface area contributed by atoms with E-state index in [9.17, 15) is 4.79 Å². The number of rotatable bonds is 2. The highest BCUT2D eigenvalue weighted by Crippen LogP contribution is 2.20. The Balaban J connectivity index is 2.48. The highest BCUT2D eigenvalue weighted by atomic mass is 32.2. The van der Waals surface area contributed by atoms with Crippen LogP contribution in [-0.4, -0.2) is 30.8 Å². The zero-order chi connectivity index (χ0) is 7.56. The van der Waals surface area contributed by atoms with Crippen molar-refractivity contribution in [2.24, 2.45) is 0 Å². The van der Waals surface area contributed by atoms with Crippen LogP contribution in [0.4, 0.5) is 0 Å². The van der Waals surface area contributed by atoms with Crippen LogP contribution < -0.4 is 5.32 Å². The normalized spacial score (nSPS) is 32.4. The van der Waals surface area contributed by atoms with E-state index in [1.807, 2.05) is 6.26 Å². The first kappa shape index (κ1) is 7.88. The predicted octanol–water partition coefficient (Wildman–Crippen LogP) is 0.210. The zero-order valence-electron chi connectivity index (χ0n) is 6.09. The molecular formula is C6H11NO2S. The van der Waals surface area contributed by atoms with Gasteiger partial charge in [-0.15, -0.1) is 0 Å². The molecule has 1 rings (SSSR count). The molecule has 1 N–H and O–H groups in total. The molecule has 1 saturated heterocycles. The predicted molar refractivity (Wildman–Crippen MR) is 40.9 cm³/mol. The Morgan fingerprint density at radius 2 is 2.50 bits per heavy atom. The fourth-order valence-electron chi connectivity index (χ4n) is 1.02. The lowest BCUT2D eigenvalue weighted by molar-refractivity contribution is -0.120. The number of ether oxygens (including phenoxy) is 1. The third-order valence-electron chi connectivity index (χ3n) is 1.58. The molecule has 1 aliphatic heterocycles. The van der Waals surface area contributed by atoms with Crippen molar-refractivity contribution in [2.45, 2.75) is 17.9 Å². The van der Waals surface area contributed by atoms with E-state index in [-0.39, 0.29) is 17.4 Å². The summed E-state index contributed by atoms with van der Waals surface area (Å²) < 4.78 is 5.03. The Morgan fingerprint density at radius 1 is 1.80 bits per heavy atom. The topological polar surface area (TPSA) is 38.3 Å². The van der Waals surface area contributed by atoms with Crippen LogP contribution in [0.5, 0.6) is 0 Å². The van der Waals surface area contributed by atoms with Crippen LogP contribution in [0.25, 0.3) is 0 Å². The molecule has 1 aliphatic rings. The van der Waals surface area contributed by atoms with E-state index in [4.69, 9.17) is 4.74 Å². The Labute approximate surface area is 64.5 Å². The van der Waals surface area contributed by atoms with Crippen LogP contribution in [0.3, 0.4) is 0 Å². The van der Waals surface area contributed by atoms with E-state index < -0.39 is 0 Å². The van der Waals surface area contributed by atoms with Crippen molar-refractivity contribution < 1.29 is 9.53 Å². The summed E-state index contributed by atoms with van der Waals surface area (Å²) in [4.78, 5) is 10.8. The van der Waals surface area contributed by atoms with Gasteiger partial charge in [0.05, 0.1) is 5.25 Å². The first-order chi connectivity index (χ1) is 4.77. The first-order valence-electron chi connectivity index (χ1n) is 3.13. The van der Waals surface area contributed by atoms with E-state index in [0.717, 1.165) is 0 Å². The van der Waals surface area contributed by atoms with Crippen molar-refractivity contribution in [1.29, 1.82) is 0 Å². The second-order valence-corrected chi connectivity index (χ2v) is 3.28. The zero-order valence-corrected chi connectivity index (χ0v) is 6.90. The van der Waals surface area contributed by atoms with Gasteiger partial charge in [0.1, 0.15) is 6.23 Å². The quantitative estimate of drug-likeness (QED) is 0.629. The smallest absolute Gasteiger partial charge is 0.223 e. The lowest BCUT2D eigenvalue weighted by Crippen LogP contribution is -2.31. The molecule has 0 aromatic heterocycles. The van der Waals surface area contributed by atoms with Crippen molar-refractivity contribution in [3.05, 3.63) is 0 Å². The molecule has 1 fully saturated rings. The van der Waals surface area contributed by atoms with Crippen LogP contribution in [0, 0.1) is 0 Å². The van der Waals surface area contributed by atoms with Crippen LogP contribution in [0.15, 0.2) is 0 Å². The number of carbonyl (C=O) groups is 1. The molecule has 0 aromatic carbocycles. The summed E-state index contributed by atoms with van der Waals surface area (Å²) in [7, 11) is 1.61. The SMILES string of the molecule is COC1NC(=O)CC1SC. The van der Waals surface area contributed by atoms with Crippen LogP contribution >= 0.6 is 11.8 Å². The van der Waals surface area contributed by atoms with Gasteiger partial charge in [0.15, 0.2) is 0 Å². The molecule has 1 heterocycles. The molecule has 2 atom stereocenters. The maximum absolute atomic E-state index is 10.8. The monoisotopic (exact) mass is 161 g/mol. The van der Waals surface area contributed by atoms with Crippen molar-refractivity contribution in [2.75, 3.05) is 13.4 Å². The van der Waals surface area contributed by atoms with E-state index in [2.05, 4.69) is 5.32 Å². The Morgan fingerprint density at radius 3 is 2.90 bits per heavy atom. The third-order valence-corrected chi connectivity index (χ3v) is 2.60. The van der Waals surface area contributed by atoms with Gasteiger partial charge in [-0.2, -0.15) is 11.8 Å². The highest BCUT2D eigenvalue weighted by Gasteiger charge is 2.31. The number of hydrogen-bond donors (Lipinski definition) is 1. The van der Waals surface area contributed by atoms with Crippen LogP contribution in [-0.2, 0) is 9.53 Å². The maximum Gasteiger partial charge on any atom is 0.223 e. The van der Waals surface area contributed by atoms with Crippen molar-refractivity contribution in [3.63, 3.8) is 0 Å². The first-order valence-corrected chi connectivity index (χ1v) is 4.41. The lowest BCUT2D eigenvalue weighted by Gasteiger charge is -2.13. The van der Waals surface area contributed by atoms with E-state index in [0.29, 0.717) is 6.42 Å². The number of methoxy groups -OCH3 is 1. The van der Waals surface area contributed by atoms with Gasteiger partial charge in [-0.25, -0.2) is 0 Å². The molecule has 0 saturated carbocycles. The molecule has 0 aromatic rings. The third kappa shape index (κ3) is 1.44. The second kappa shape index (κ2) is 3.25. The fourth-order valence-corrected chi connectivity index (χ4v) is 1.76. The molecule has 10 heavy (non-hydrogen) atoms. The molecular weight excluding hydrogens is 150 g/mol. The Hall–Kier alpha value is -0.220. The van der Waals surface area contributed by atoms with Gasteiger partial charge in [0, 0.05) is 13.5 Å². The van der Waals surface area contributed by atoms with Gasteiger partial charge in [-0.3, -0.25) is 4.79 Å². The molecule has 4 heteroatoms. The van der Waals surface area contributed by atoms with Gasteiger partial charge >= 0.3 is 0 Å². The molecule has 0 bridgehead atoms. The maximum atomic E-state index is 10.8. The van der Waals surface area contributed by atoms with E-state index in [1.54, 1.807) is 18.9 Å². The summed E-state index contributed by atoms with van der Waals surface area (Å²) in [6.45, 7) is 0. The molecule has 0 spiro atoms. The molecule has 2 unspecified atom stereocenters. The van der Waals surface area contributed by atoms with Crippen LogP contribution in [0.1, 0.15) is 6.42 Å². The highest BCUT2D eigenvalue weighted by molar-refractivity contribution is 7.99.